The van der Waals surface area contributed by atoms with Gasteiger partial charge in [0.25, 0.3) is 15.9 Å². The Kier molecular flexibility index (Phi) is 6.17. The van der Waals surface area contributed by atoms with Gasteiger partial charge in [0.1, 0.15) is 5.75 Å². The van der Waals surface area contributed by atoms with Crippen molar-refractivity contribution < 1.29 is 17.9 Å². The molecular formula is C20H20N4O4S3. The summed E-state index contributed by atoms with van der Waals surface area (Å²) >= 11 is 2.79. The second kappa shape index (κ2) is 8.85. The van der Waals surface area contributed by atoms with Gasteiger partial charge in [0.15, 0.2) is 10.4 Å². The van der Waals surface area contributed by atoms with Gasteiger partial charge in [-0.05, 0) is 42.5 Å². The van der Waals surface area contributed by atoms with Crippen molar-refractivity contribution in [2.75, 3.05) is 21.9 Å². The van der Waals surface area contributed by atoms with Crippen molar-refractivity contribution in [3.05, 3.63) is 54.1 Å². The lowest BCUT2D eigenvalue weighted by molar-refractivity contribution is -0.122. The largest absolute Gasteiger partial charge is 0.476 e. The minimum absolute atomic E-state index is 0.147. The van der Waals surface area contributed by atoms with Gasteiger partial charge in [-0.3, -0.25) is 14.4 Å². The molecule has 31 heavy (non-hydrogen) atoms. The van der Waals surface area contributed by atoms with Crippen molar-refractivity contribution in [1.82, 2.24) is 10.2 Å². The number of aryl methyl sites for hydroxylation is 1. The molecule has 1 aromatic heterocycles. The summed E-state index contributed by atoms with van der Waals surface area (Å²) < 4.78 is 34.6. The molecule has 0 radical (unpaired) electrons. The number of benzene rings is 2. The van der Waals surface area contributed by atoms with Gasteiger partial charge in [-0.2, -0.15) is 0 Å². The van der Waals surface area contributed by atoms with E-state index in [1.54, 1.807) is 30.3 Å². The summed E-state index contributed by atoms with van der Waals surface area (Å²) in [5.41, 5.74) is 1.29. The summed E-state index contributed by atoms with van der Waals surface area (Å²) in [6.45, 7) is 3.71. The number of anilines is 2. The van der Waals surface area contributed by atoms with Gasteiger partial charge in [-0.15, -0.1) is 10.2 Å². The molecule has 0 saturated heterocycles. The van der Waals surface area contributed by atoms with Crippen LogP contribution in [0.2, 0.25) is 0 Å². The number of fused-ring (bicyclic) bond motifs is 1. The van der Waals surface area contributed by atoms with E-state index in [4.69, 9.17) is 4.74 Å². The maximum Gasteiger partial charge on any atom is 0.269 e. The van der Waals surface area contributed by atoms with E-state index in [1.165, 1.54) is 39.5 Å². The molecule has 1 atom stereocenters. The number of rotatable bonds is 6. The molecule has 8 nitrogen and oxygen atoms in total. The van der Waals surface area contributed by atoms with E-state index in [9.17, 15) is 13.2 Å². The van der Waals surface area contributed by atoms with E-state index < -0.39 is 22.0 Å². The number of carbonyl (C=O) groups is 1. The Bertz CT molecular complexity index is 1200. The van der Waals surface area contributed by atoms with E-state index in [-0.39, 0.29) is 11.4 Å². The molecule has 0 spiro atoms. The first-order chi connectivity index (χ1) is 14.9. The molecule has 0 bridgehead atoms. The second-order valence-corrected chi connectivity index (χ2v) is 11.1. The summed E-state index contributed by atoms with van der Waals surface area (Å²) in [6.07, 6.45) is -1.04. The van der Waals surface area contributed by atoms with Gasteiger partial charge in [0.2, 0.25) is 5.13 Å². The molecule has 1 aliphatic heterocycles. The zero-order valence-corrected chi connectivity index (χ0v) is 19.3. The van der Waals surface area contributed by atoms with Gasteiger partial charge >= 0.3 is 0 Å². The summed E-state index contributed by atoms with van der Waals surface area (Å²) in [5.74, 6) is 0.691. The molecule has 1 aliphatic rings. The number of aromatic nitrogens is 2. The molecule has 2 heterocycles. The fraction of sp³-hybridized carbons (Fsp3) is 0.250. The highest BCUT2D eigenvalue weighted by atomic mass is 32.2. The van der Waals surface area contributed by atoms with Gasteiger partial charge in [-0.1, -0.05) is 54.3 Å². The molecule has 3 aromatic rings. The van der Waals surface area contributed by atoms with Gasteiger partial charge in [0, 0.05) is 0 Å². The Morgan fingerprint density at radius 3 is 2.77 bits per heavy atom. The number of thioether (sulfide) groups is 1. The smallest absolute Gasteiger partial charge is 0.269 e. The van der Waals surface area contributed by atoms with Crippen LogP contribution in [0.1, 0.15) is 12.5 Å². The van der Waals surface area contributed by atoms with E-state index >= 15 is 0 Å². The van der Waals surface area contributed by atoms with Crippen LogP contribution in [-0.2, 0) is 14.8 Å². The monoisotopic (exact) mass is 476 g/mol. The van der Waals surface area contributed by atoms with Crippen LogP contribution in [-0.4, -0.2) is 42.9 Å². The van der Waals surface area contributed by atoms with E-state index in [2.05, 4.69) is 15.5 Å². The topological polar surface area (TPSA) is 101 Å². The van der Waals surface area contributed by atoms with Crippen molar-refractivity contribution in [3.63, 3.8) is 0 Å². The molecule has 1 N–H and O–H groups in total. The molecule has 1 amide bonds. The van der Waals surface area contributed by atoms with Gasteiger partial charge in [-0.25, -0.2) is 8.42 Å². The first kappa shape index (κ1) is 21.6. The summed E-state index contributed by atoms with van der Waals surface area (Å²) in [4.78, 5) is 13.0. The highest BCUT2D eigenvalue weighted by Crippen LogP contribution is 2.38. The van der Waals surface area contributed by atoms with Crippen LogP contribution < -0.4 is 14.4 Å². The van der Waals surface area contributed by atoms with Gasteiger partial charge in [0.05, 0.1) is 17.1 Å². The maximum atomic E-state index is 13.4. The Hall–Kier alpha value is -2.63. The number of carbonyl (C=O) groups excluding carboxylic acids is 1. The predicted molar refractivity (Wildman–Crippen MR) is 122 cm³/mol. The third kappa shape index (κ3) is 4.53. The van der Waals surface area contributed by atoms with Crippen LogP contribution in [0.3, 0.4) is 0 Å². The normalized spacial score (nSPS) is 15.8. The molecule has 0 aliphatic carbocycles. The van der Waals surface area contributed by atoms with Crippen molar-refractivity contribution in [2.45, 2.75) is 29.2 Å². The lowest BCUT2D eigenvalue weighted by Crippen LogP contribution is -2.48. The summed E-state index contributed by atoms with van der Waals surface area (Å²) in [6, 6.07) is 13.4. The fourth-order valence-corrected chi connectivity index (χ4v) is 6.21. The molecular weight excluding hydrogens is 456 g/mol. The summed E-state index contributed by atoms with van der Waals surface area (Å²) in [5, 5.41) is 11.0. The third-order valence-electron chi connectivity index (χ3n) is 4.51. The highest BCUT2D eigenvalue weighted by Gasteiger charge is 2.38. The minimum Gasteiger partial charge on any atom is -0.476 e. The second-order valence-electron chi connectivity index (χ2n) is 6.72. The number of hydrogen-bond donors (Lipinski definition) is 1. The van der Waals surface area contributed by atoms with Gasteiger partial charge < -0.3 is 4.74 Å². The zero-order valence-electron chi connectivity index (χ0n) is 16.8. The Morgan fingerprint density at radius 1 is 1.26 bits per heavy atom. The minimum atomic E-state index is -3.89. The van der Waals surface area contributed by atoms with Crippen LogP contribution in [0.5, 0.6) is 5.75 Å². The molecule has 0 fully saturated rings. The lowest BCUT2D eigenvalue weighted by Gasteiger charge is -2.34. The number of nitrogens with one attached hydrogen (secondary N) is 1. The van der Waals surface area contributed by atoms with Crippen LogP contribution in [0.15, 0.2) is 57.8 Å². The molecule has 2 aromatic carbocycles. The standard InChI is InChI=1S/C20H20N4O4S3/c1-3-29-20-23-22-19(30-20)21-18(25)17-12-24(15-11-13(2)9-10-16(15)28-17)31(26,27)14-7-5-4-6-8-14/h4-11,17H,3,12H2,1-2H3,(H,21,22,25). The Labute approximate surface area is 188 Å². The quantitative estimate of drug-likeness (QED) is 0.429. The van der Waals surface area contributed by atoms with Crippen molar-refractivity contribution in [1.29, 1.82) is 0 Å². The van der Waals surface area contributed by atoms with Crippen LogP contribution in [0.4, 0.5) is 10.8 Å². The van der Waals surface area contributed by atoms with Crippen LogP contribution in [0.25, 0.3) is 0 Å². The molecule has 1 unspecified atom stereocenters. The Morgan fingerprint density at radius 2 is 2.03 bits per heavy atom. The number of amides is 1. The predicted octanol–water partition coefficient (Wildman–Crippen LogP) is 3.55. The third-order valence-corrected chi connectivity index (χ3v) is 8.16. The SMILES string of the molecule is CCSc1nnc(NC(=O)C2CN(S(=O)(=O)c3ccccc3)c3cc(C)ccc3O2)s1. The first-order valence-corrected chi connectivity index (χ1v) is 12.7. The number of nitrogens with zero attached hydrogens (tertiary/aromatic N) is 3. The number of hydrogen-bond acceptors (Lipinski definition) is 8. The zero-order chi connectivity index (χ0) is 22.0. The fourth-order valence-electron chi connectivity index (χ4n) is 3.07. The Balaban J connectivity index is 1.64. The van der Waals surface area contributed by atoms with E-state index in [0.717, 1.165) is 15.7 Å². The number of ether oxygens (including phenoxy) is 1. The van der Waals surface area contributed by atoms with E-state index in [1.807, 2.05) is 19.9 Å². The first-order valence-electron chi connectivity index (χ1n) is 9.50. The van der Waals surface area contributed by atoms with Crippen molar-refractivity contribution >= 4 is 49.8 Å². The lowest BCUT2D eigenvalue weighted by atomic mass is 10.1. The molecule has 0 saturated carbocycles. The van der Waals surface area contributed by atoms with E-state index in [0.29, 0.717) is 16.6 Å². The molecule has 4 rings (SSSR count). The molecule has 11 heteroatoms. The van der Waals surface area contributed by atoms with Crippen LogP contribution in [0, 0.1) is 6.92 Å². The van der Waals surface area contributed by atoms with Crippen LogP contribution >= 0.6 is 23.1 Å². The highest BCUT2D eigenvalue weighted by molar-refractivity contribution is 8.01. The summed E-state index contributed by atoms with van der Waals surface area (Å²) in [7, 11) is -3.89. The maximum absolute atomic E-state index is 13.4. The average molecular weight is 477 g/mol. The number of sulfonamides is 1. The average Bonchev–Trinajstić information content (AvgIpc) is 3.20. The van der Waals surface area contributed by atoms with Crippen molar-refractivity contribution in [3.8, 4) is 5.75 Å². The molecule has 162 valence electrons. The van der Waals surface area contributed by atoms with Crippen molar-refractivity contribution in [2.24, 2.45) is 0 Å².